The summed E-state index contributed by atoms with van der Waals surface area (Å²) in [5, 5.41) is 21.0. The maximum absolute atomic E-state index is 11.1. The average Bonchev–Trinajstić information content (AvgIpc) is 2.50. The topological polar surface area (TPSA) is 88.7 Å². The highest BCUT2D eigenvalue weighted by molar-refractivity contribution is 5.97. The van der Waals surface area contributed by atoms with Crippen molar-refractivity contribution >= 4 is 22.3 Å². The van der Waals surface area contributed by atoms with Gasteiger partial charge in [-0.15, -0.1) is 0 Å². The van der Waals surface area contributed by atoms with Crippen LogP contribution >= 0.6 is 0 Å². The third-order valence-corrected chi connectivity index (χ3v) is 3.20. The third-order valence-electron chi connectivity index (χ3n) is 3.20. The molecule has 0 aliphatic heterocycles. The molecule has 1 aromatic carbocycles. The summed E-state index contributed by atoms with van der Waals surface area (Å²) in [4.78, 5) is 16.7. The van der Waals surface area contributed by atoms with Gasteiger partial charge in [-0.1, -0.05) is 0 Å². The van der Waals surface area contributed by atoms with Gasteiger partial charge in [-0.3, -0.25) is 10.1 Å². The van der Waals surface area contributed by atoms with E-state index in [0.29, 0.717) is 30.6 Å². The molecule has 0 spiro atoms. The van der Waals surface area contributed by atoms with Crippen molar-refractivity contribution in [3.63, 3.8) is 0 Å². The highest BCUT2D eigenvalue weighted by Gasteiger charge is 2.18. The minimum atomic E-state index is -0.440. The molecule has 1 N–H and O–H groups in total. The molecule has 0 aliphatic carbocycles. The first-order chi connectivity index (χ1) is 10.2. The number of nitrogens with zero attached hydrogens (tertiary/aromatic N) is 3. The van der Waals surface area contributed by atoms with Gasteiger partial charge in [0.05, 0.1) is 18.1 Å². The van der Waals surface area contributed by atoms with Gasteiger partial charge in [0.2, 0.25) is 0 Å². The van der Waals surface area contributed by atoms with Gasteiger partial charge in [-0.05, 0) is 18.2 Å². The molecule has 2 rings (SSSR count). The molecule has 0 saturated carbocycles. The molecule has 0 aliphatic rings. The number of nitro benzene ring substituents is 1. The standard InChI is InChI=1S/C14H17N3O4/c1-21-10-8-16(7-9-18)12-4-5-13(17(19)20)14-11(12)3-2-6-15-14/h2-6,18H,7-10H2,1H3. The number of pyridine rings is 1. The number of non-ortho nitro benzene ring substituents is 1. The van der Waals surface area contributed by atoms with Crippen molar-refractivity contribution in [2.75, 3.05) is 38.3 Å². The van der Waals surface area contributed by atoms with Gasteiger partial charge in [0.15, 0.2) is 0 Å². The molecular weight excluding hydrogens is 274 g/mol. The van der Waals surface area contributed by atoms with E-state index in [-0.39, 0.29) is 12.3 Å². The molecule has 0 fully saturated rings. The molecule has 0 bridgehead atoms. The van der Waals surface area contributed by atoms with Crippen molar-refractivity contribution in [3.8, 4) is 0 Å². The highest BCUT2D eigenvalue weighted by Crippen LogP contribution is 2.31. The number of hydrogen-bond acceptors (Lipinski definition) is 6. The summed E-state index contributed by atoms with van der Waals surface area (Å²) in [5.74, 6) is 0. The van der Waals surface area contributed by atoms with E-state index in [1.165, 1.54) is 12.3 Å². The van der Waals surface area contributed by atoms with Crippen LogP contribution in [-0.4, -0.2) is 48.4 Å². The SMILES string of the molecule is COCCN(CCO)c1ccc([N+](=O)[O-])c2ncccc12. The predicted molar refractivity (Wildman–Crippen MR) is 79.6 cm³/mol. The zero-order valence-electron chi connectivity index (χ0n) is 11.7. The predicted octanol–water partition coefficient (Wildman–Crippen LogP) is 1.59. The fourth-order valence-corrected chi connectivity index (χ4v) is 2.24. The molecule has 0 saturated heterocycles. The minimum absolute atomic E-state index is 0.0115. The van der Waals surface area contributed by atoms with E-state index in [1.54, 1.807) is 25.3 Å². The van der Waals surface area contributed by atoms with Crippen molar-refractivity contribution in [2.24, 2.45) is 0 Å². The Balaban J connectivity index is 2.52. The van der Waals surface area contributed by atoms with Gasteiger partial charge in [0.1, 0.15) is 5.52 Å². The Morgan fingerprint density at radius 1 is 1.38 bits per heavy atom. The second-order valence-corrected chi connectivity index (χ2v) is 4.46. The Bertz CT molecular complexity index is 633. The number of aliphatic hydroxyl groups excluding tert-OH is 1. The molecule has 0 radical (unpaired) electrons. The van der Waals surface area contributed by atoms with Crippen molar-refractivity contribution in [1.82, 2.24) is 4.98 Å². The first-order valence-electron chi connectivity index (χ1n) is 6.56. The van der Waals surface area contributed by atoms with E-state index in [9.17, 15) is 15.2 Å². The number of methoxy groups -OCH3 is 1. The molecule has 7 nitrogen and oxygen atoms in total. The quantitative estimate of drug-likeness (QED) is 0.615. The van der Waals surface area contributed by atoms with Gasteiger partial charge < -0.3 is 14.7 Å². The summed E-state index contributed by atoms with van der Waals surface area (Å²) in [7, 11) is 1.60. The number of rotatable bonds is 7. The number of aromatic nitrogens is 1. The lowest BCUT2D eigenvalue weighted by Crippen LogP contribution is -2.30. The van der Waals surface area contributed by atoms with Crippen LogP contribution in [0.3, 0.4) is 0 Å². The highest BCUT2D eigenvalue weighted by atomic mass is 16.6. The molecule has 112 valence electrons. The van der Waals surface area contributed by atoms with Crippen LogP contribution in [-0.2, 0) is 4.74 Å². The summed E-state index contributed by atoms with van der Waals surface area (Å²) >= 11 is 0. The largest absolute Gasteiger partial charge is 0.395 e. The fourth-order valence-electron chi connectivity index (χ4n) is 2.24. The van der Waals surface area contributed by atoms with Gasteiger partial charge in [0, 0.05) is 43.5 Å². The summed E-state index contributed by atoms with van der Waals surface area (Å²) in [6.07, 6.45) is 1.53. The normalized spacial score (nSPS) is 10.8. The van der Waals surface area contributed by atoms with E-state index < -0.39 is 4.92 Å². The van der Waals surface area contributed by atoms with Crippen LogP contribution in [0, 0.1) is 10.1 Å². The third kappa shape index (κ3) is 3.26. The Hall–Kier alpha value is -2.25. The van der Waals surface area contributed by atoms with Crippen molar-refractivity contribution in [2.45, 2.75) is 0 Å². The average molecular weight is 291 g/mol. The van der Waals surface area contributed by atoms with Crippen LogP contribution in [0.5, 0.6) is 0 Å². The number of anilines is 1. The van der Waals surface area contributed by atoms with Crippen LogP contribution in [0.15, 0.2) is 30.5 Å². The lowest BCUT2D eigenvalue weighted by atomic mass is 10.1. The summed E-state index contributed by atoms with van der Waals surface area (Å²) in [5.41, 5.74) is 1.13. The van der Waals surface area contributed by atoms with E-state index >= 15 is 0 Å². The molecule has 21 heavy (non-hydrogen) atoms. The number of nitro groups is 1. The van der Waals surface area contributed by atoms with E-state index in [0.717, 1.165) is 5.69 Å². The Morgan fingerprint density at radius 3 is 2.86 bits per heavy atom. The summed E-state index contributed by atoms with van der Waals surface area (Å²) in [6, 6.07) is 6.67. The smallest absolute Gasteiger partial charge is 0.295 e. The lowest BCUT2D eigenvalue weighted by Gasteiger charge is -2.24. The van der Waals surface area contributed by atoms with E-state index in [2.05, 4.69) is 4.98 Å². The van der Waals surface area contributed by atoms with Crippen LogP contribution in [0.1, 0.15) is 0 Å². The Kier molecular flexibility index (Phi) is 5.02. The van der Waals surface area contributed by atoms with Crippen LogP contribution in [0.4, 0.5) is 11.4 Å². The number of fused-ring (bicyclic) bond motifs is 1. The monoisotopic (exact) mass is 291 g/mol. The first kappa shape index (κ1) is 15.1. The lowest BCUT2D eigenvalue weighted by molar-refractivity contribution is -0.383. The molecule has 1 aromatic heterocycles. The van der Waals surface area contributed by atoms with E-state index in [1.807, 2.05) is 4.90 Å². The first-order valence-corrected chi connectivity index (χ1v) is 6.56. The molecule has 7 heteroatoms. The minimum Gasteiger partial charge on any atom is -0.395 e. The number of ether oxygens (including phenoxy) is 1. The van der Waals surface area contributed by atoms with E-state index in [4.69, 9.17) is 4.74 Å². The molecule has 2 aromatic rings. The van der Waals surface area contributed by atoms with Gasteiger partial charge >= 0.3 is 0 Å². The molecule has 0 atom stereocenters. The van der Waals surface area contributed by atoms with Crippen molar-refractivity contribution in [1.29, 1.82) is 0 Å². The van der Waals surface area contributed by atoms with Gasteiger partial charge in [-0.2, -0.15) is 0 Å². The van der Waals surface area contributed by atoms with Crippen LogP contribution < -0.4 is 4.90 Å². The number of benzene rings is 1. The summed E-state index contributed by atoms with van der Waals surface area (Å²) in [6.45, 7) is 1.49. The van der Waals surface area contributed by atoms with Gasteiger partial charge in [0.25, 0.3) is 5.69 Å². The molecule has 0 amide bonds. The fraction of sp³-hybridized carbons (Fsp3) is 0.357. The van der Waals surface area contributed by atoms with Crippen molar-refractivity contribution < 1.29 is 14.8 Å². The number of hydrogen-bond donors (Lipinski definition) is 1. The zero-order chi connectivity index (χ0) is 15.2. The Labute approximate surface area is 121 Å². The maximum atomic E-state index is 11.1. The molecule has 0 unspecified atom stereocenters. The zero-order valence-corrected chi connectivity index (χ0v) is 11.7. The second kappa shape index (κ2) is 6.96. The molecule has 1 heterocycles. The van der Waals surface area contributed by atoms with Crippen LogP contribution in [0.25, 0.3) is 10.9 Å². The van der Waals surface area contributed by atoms with Crippen molar-refractivity contribution in [3.05, 3.63) is 40.6 Å². The van der Waals surface area contributed by atoms with Crippen LogP contribution in [0.2, 0.25) is 0 Å². The number of aliphatic hydroxyl groups is 1. The second-order valence-electron chi connectivity index (χ2n) is 4.46. The summed E-state index contributed by atoms with van der Waals surface area (Å²) < 4.78 is 5.07. The Morgan fingerprint density at radius 2 is 2.19 bits per heavy atom. The van der Waals surface area contributed by atoms with Gasteiger partial charge in [-0.25, -0.2) is 4.98 Å². The molecular formula is C14H17N3O4. The maximum Gasteiger partial charge on any atom is 0.295 e.